The van der Waals surface area contributed by atoms with Crippen LogP contribution < -0.4 is 9.46 Å². The van der Waals surface area contributed by atoms with E-state index in [-0.39, 0.29) is 4.90 Å². The van der Waals surface area contributed by atoms with Crippen molar-refractivity contribution in [1.82, 2.24) is 9.78 Å². The maximum Gasteiger partial charge on any atom is 0.262 e. The van der Waals surface area contributed by atoms with E-state index < -0.39 is 10.0 Å². The number of methoxy groups -OCH3 is 1. The van der Waals surface area contributed by atoms with Crippen LogP contribution in [0.1, 0.15) is 17.0 Å². The third-order valence-electron chi connectivity index (χ3n) is 4.23. The molecule has 0 saturated heterocycles. The summed E-state index contributed by atoms with van der Waals surface area (Å²) in [5, 5.41) is 5.14. The maximum atomic E-state index is 12.7. The van der Waals surface area contributed by atoms with Crippen molar-refractivity contribution < 1.29 is 13.2 Å². The molecule has 0 aliphatic carbocycles. The van der Waals surface area contributed by atoms with Crippen molar-refractivity contribution in [3.8, 4) is 5.75 Å². The average Bonchev–Trinajstić information content (AvgIpc) is 2.91. The van der Waals surface area contributed by atoms with Gasteiger partial charge >= 0.3 is 0 Å². The van der Waals surface area contributed by atoms with Crippen molar-refractivity contribution in [2.45, 2.75) is 25.3 Å². The topological polar surface area (TPSA) is 73.2 Å². The van der Waals surface area contributed by atoms with Crippen LogP contribution in [0, 0.1) is 13.8 Å². The van der Waals surface area contributed by atoms with Gasteiger partial charge in [-0.3, -0.25) is 9.40 Å². The van der Waals surface area contributed by atoms with Gasteiger partial charge in [-0.15, -0.1) is 0 Å². The molecule has 0 unspecified atom stereocenters. The van der Waals surface area contributed by atoms with Crippen LogP contribution >= 0.6 is 11.6 Å². The second kappa shape index (κ2) is 7.62. The van der Waals surface area contributed by atoms with E-state index in [0.717, 1.165) is 11.3 Å². The summed E-state index contributed by atoms with van der Waals surface area (Å²) in [7, 11) is -2.19. The van der Waals surface area contributed by atoms with Crippen molar-refractivity contribution in [1.29, 1.82) is 0 Å². The molecule has 0 fully saturated rings. The van der Waals surface area contributed by atoms with Crippen LogP contribution in [0.5, 0.6) is 5.75 Å². The minimum atomic E-state index is -3.72. The number of hydrogen-bond donors (Lipinski definition) is 1. The predicted molar refractivity (Wildman–Crippen MR) is 106 cm³/mol. The number of hydrogen-bond acceptors (Lipinski definition) is 4. The lowest BCUT2D eigenvalue weighted by Gasteiger charge is -2.10. The highest BCUT2D eigenvalue weighted by Crippen LogP contribution is 2.25. The van der Waals surface area contributed by atoms with Crippen LogP contribution in [0.2, 0.25) is 5.02 Å². The van der Waals surface area contributed by atoms with Crippen molar-refractivity contribution in [3.05, 3.63) is 70.5 Å². The molecule has 1 aromatic heterocycles. The Labute approximate surface area is 163 Å². The molecule has 27 heavy (non-hydrogen) atoms. The lowest BCUT2D eigenvalue weighted by Crippen LogP contribution is -2.14. The van der Waals surface area contributed by atoms with E-state index in [1.165, 1.54) is 19.2 Å². The zero-order valence-corrected chi connectivity index (χ0v) is 16.8. The second-order valence-electron chi connectivity index (χ2n) is 6.11. The molecule has 0 saturated carbocycles. The molecule has 8 heteroatoms. The number of rotatable bonds is 6. The first kappa shape index (κ1) is 19.3. The smallest absolute Gasteiger partial charge is 0.262 e. The molecular formula is C19H20ClN3O3S. The van der Waals surface area contributed by atoms with Crippen molar-refractivity contribution in [2.75, 3.05) is 11.8 Å². The van der Waals surface area contributed by atoms with Crippen LogP contribution in [0.4, 0.5) is 5.69 Å². The molecule has 0 bridgehead atoms. The first-order valence-corrected chi connectivity index (χ1v) is 10.1. The van der Waals surface area contributed by atoms with Gasteiger partial charge in [0.05, 0.1) is 35.6 Å². The van der Waals surface area contributed by atoms with Crippen molar-refractivity contribution in [2.24, 2.45) is 0 Å². The Morgan fingerprint density at radius 3 is 2.30 bits per heavy atom. The summed E-state index contributed by atoms with van der Waals surface area (Å²) in [5.74, 6) is 0.595. The first-order chi connectivity index (χ1) is 12.8. The third-order valence-corrected chi connectivity index (χ3v) is 5.85. The van der Waals surface area contributed by atoms with Gasteiger partial charge in [0.1, 0.15) is 5.75 Å². The van der Waals surface area contributed by atoms with Gasteiger partial charge in [0.25, 0.3) is 10.0 Å². The molecule has 1 heterocycles. The highest BCUT2D eigenvalue weighted by atomic mass is 35.5. The summed E-state index contributed by atoms with van der Waals surface area (Å²) < 4.78 is 34.9. The largest absolute Gasteiger partial charge is 0.497 e. The van der Waals surface area contributed by atoms with Crippen LogP contribution in [0.15, 0.2) is 53.4 Å². The van der Waals surface area contributed by atoms with Gasteiger partial charge in [0.15, 0.2) is 0 Å². The minimum Gasteiger partial charge on any atom is -0.497 e. The Kier molecular flexibility index (Phi) is 5.43. The van der Waals surface area contributed by atoms with Crippen LogP contribution in [0.3, 0.4) is 0 Å². The minimum absolute atomic E-state index is 0.160. The van der Waals surface area contributed by atoms with Gasteiger partial charge in [0.2, 0.25) is 0 Å². The van der Waals surface area contributed by atoms with Gasteiger partial charge < -0.3 is 4.74 Å². The molecule has 2 aromatic carbocycles. The SMILES string of the molecule is COc1ccc(S(=O)(=O)Nc2c(C)nn(Cc3ccc(Cl)cc3)c2C)cc1. The number of aryl methyl sites for hydroxylation is 1. The molecule has 0 amide bonds. The Bertz CT molecular complexity index is 1040. The van der Waals surface area contributed by atoms with E-state index >= 15 is 0 Å². The summed E-state index contributed by atoms with van der Waals surface area (Å²) in [6.45, 7) is 4.13. The lowest BCUT2D eigenvalue weighted by molar-refractivity contribution is 0.414. The highest BCUT2D eigenvalue weighted by Gasteiger charge is 2.20. The fourth-order valence-corrected chi connectivity index (χ4v) is 4.01. The Morgan fingerprint density at radius 2 is 1.70 bits per heavy atom. The molecule has 1 N–H and O–H groups in total. The zero-order valence-electron chi connectivity index (χ0n) is 15.2. The quantitative estimate of drug-likeness (QED) is 0.672. The van der Waals surface area contributed by atoms with Crippen LogP contribution in [-0.2, 0) is 16.6 Å². The standard InChI is InChI=1S/C19H20ClN3O3S/c1-13-19(22-27(24,25)18-10-8-17(26-3)9-11-18)14(2)23(21-13)12-15-4-6-16(20)7-5-15/h4-11,22H,12H2,1-3H3. The van der Waals surface area contributed by atoms with E-state index in [1.54, 1.807) is 23.7 Å². The number of ether oxygens (including phenoxy) is 1. The molecule has 0 spiro atoms. The first-order valence-electron chi connectivity index (χ1n) is 8.25. The summed E-state index contributed by atoms with van der Waals surface area (Å²) in [4.78, 5) is 0.160. The lowest BCUT2D eigenvalue weighted by atomic mass is 10.2. The number of benzene rings is 2. The predicted octanol–water partition coefficient (Wildman–Crippen LogP) is 4.01. The third kappa shape index (κ3) is 4.26. The fraction of sp³-hybridized carbons (Fsp3) is 0.211. The van der Waals surface area contributed by atoms with Crippen molar-refractivity contribution in [3.63, 3.8) is 0 Å². The summed E-state index contributed by atoms with van der Waals surface area (Å²) in [6.07, 6.45) is 0. The molecule has 0 aliphatic rings. The Hall–Kier alpha value is -2.51. The van der Waals surface area contributed by atoms with E-state index in [4.69, 9.17) is 16.3 Å². The van der Waals surface area contributed by atoms with E-state index in [1.807, 2.05) is 31.2 Å². The molecular weight excluding hydrogens is 386 g/mol. The number of sulfonamides is 1. The van der Waals surface area contributed by atoms with E-state index in [9.17, 15) is 8.42 Å². The van der Waals surface area contributed by atoms with Gasteiger partial charge in [-0.05, 0) is 55.8 Å². The molecule has 0 aliphatic heterocycles. The number of halogens is 1. The van der Waals surface area contributed by atoms with Gasteiger partial charge in [-0.1, -0.05) is 23.7 Å². The zero-order chi connectivity index (χ0) is 19.6. The number of nitrogens with one attached hydrogen (secondary N) is 1. The number of aromatic nitrogens is 2. The highest BCUT2D eigenvalue weighted by molar-refractivity contribution is 7.92. The summed E-state index contributed by atoms with van der Waals surface area (Å²) in [5.41, 5.74) is 2.85. The molecule has 3 rings (SSSR count). The van der Waals surface area contributed by atoms with Gasteiger partial charge in [-0.25, -0.2) is 8.42 Å². The van der Waals surface area contributed by atoms with Gasteiger partial charge in [-0.2, -0.15) is 5.10 Å². The average molecular weight is 406 g/mol. The summed E-state index contributed by atoms with van der Waals surface area (Å²) in [6, 6.07) is 13.7. The molecule has 6 nitrogen and oxygen atoms in total. The fourth-order valence-electron chi connectivity index (χ4n) is 2.71. The van der Waals surface area contributed by atoms with Crippen molar-refractivity contribution >= 4 is 27.3 Å². The Balaban J connectivity index is 1.86. The Morgan fingerprint density at radius 1 is 1.07 bits per heavy atom. The number of nitrogens with zero attached hydrogens (tertiary/aromatic N) is 2. The second-order valence-corrected chi connectivity index (χ2v) is 8.23. The van der Waals surface area contributed by atoms with Gasteiger partial charge in [0, 0.05) is 5.02 Å². The normalized spacial score (nSPS) is 11.4. The van der Waals surface area contributed by atoms with Crippen LogP contribution in [0.25, 0.3) is 0 Å². The molecule has 0 radical (unpaired) electrons. The van der Waals surface area contributed by atoms with E-state index in [2.05, 4.69) is 9.82 Å². The maximum absolute atomic E-state index is 12.7. The molecule has 3 aromatic rings. The number of anilines is 1. The van der Waals surface area contributed by atoms with E-state index in [0.29, 0.717) is 28.7 Å². The molecule has 142 valence electrons. The van der Waals surface area contributed by atoms with Crippen LogP contribution in [-0.4, -0.2) is 25.3 Å². The summed E-state index contributed by atoms with van der Waals surface area (Å²) >= 11 is 5.92. The monoisotopic (exact) mass is 405 g/mol. The molecule has 0 atom stereocenters.